The van der Waals surface area contributed by atoms with Gasteiger partial charge in [0.25, 0.3) is 0 Å². The van der Waals surface area contributed by atoms with Crippen LogP contribution in [0.3, 0.4) is 0 Å². The van der Waals surface area contributed by atoms with Crippen molar-refractivity contribution in [1.82, 2.24) is 20.0 Å². The highest BCUT2D eigenvalue weighted by Gasteiger charge is 2.10. The third-order valence-corrected chi connectivity index (χ3v) is 4.97. The molecule has 2 aromatic heterocycles. The van der Waals surface area contributed by atoms with Gasteiger partial charge in [0.05, 0.1) is 0 Å². The Balaban J connectivity index is 1.20. The SMILES string of the molecule is O=C(CCc1nc(-c2ccc(Cl)cc2)no1)NCCCn1ccc2ccccc21. The first-order valence-electron chi connectivity index (χ1n) is 9.58. The molecule has 4 aromatic rings. The fourth-order valence-corrected chi connectivity index (χ4v) is 3.32. The molecule has 7 heteroatoms. The van der Waals surface area contributed by atoms with Crippen molar-refractivity contribution in [3.8, 4) is 11.4 Å². The van der Waals surface area contributed by atoms with Crippen molar-refractivity contribution in [2.75, 3.05) is 6.54 Å². The zero-order chi connectivity index (χ0) is 20.1. The Labute approximate surface area is 173 Å². The van der Waals surface area contributed by atoms with E-state index in [9.17, 15) is 4.79 Å². The number of carbonyl (C=O) groups excluding carboxylic acids is 1. The summed E-state index contributed by atoms with van der Waals surface area (Å²) in [6, 6.07) is 17.6. The number of rotatable bonds is 8. The number of nitrogens with zero attached hydrogens (tertiary/aromatic N) is 3. The highest BCUT2D eigenvalue weighted by molar-refractivity contribution is 6.30. The molecule has 0 fully saturated rings. The van der Waals surface area contributed by atoms with Gasteiger partial charge in [0.1, 0.15) is 0 Å². The van der Waals surface area contributed by atoms with E-state index >= 15 is 0 Å². The summed E-state index contributed by atoms with van der Waals surface area (Å²) in [6.45, 7) is 1.49. The Bertz CT molecular complexity index is 1100. The molecule has 0 aliphatic heterocycles. The molecule has 0 saturated heterocycles. The van der Waals surface area contributed by atoms with E-state index < -0.39 is 0 Å². The Morgan fingerprint density at radius 2 is 1.93 bits per heavy atom. The van der Waals surface area contributed by atoms with Gasteiger partial charge in [-0.2, -0.15) is 4.98 Å². The Morgan fingerprint density at radius 3 is 2.79 bits per heavy atom. The number of nitrogens with one attached hydrogen (secondary N) is 1. The van der Waals surface area contributed by atoms with E-state index in [4.69, 9.17) is 16.1 Å². The number of hydrogen-bond donors (Lipinski definition) is 1. The molecule has 4 rings (SSSR count). The molecule has 0 spiro atoms. The quantitative estimate of drug-likeness (QED) is 0.436. The van der Waals surface area contributed by atoms with Crippen molar-refractivity contribution in [1.29, 1.82) is 0 Å². The summed E-state index contributed by atoms with van der Waals surface area (Å²) in [4.78, 5) is 16.4. The molecule has 0 atom stereocenters. The Kier molecular flexibility index (Phi) is 5.91. The van der Waals surface area contributed by atoms with E-state index in [-0.39, 0.29) is 5.91 Å². The first kappa shape index (κ1) is 19.2. The molecule has 1 amide bonds. The smallest absolute Gasteiger partial charge is 0.227 e. The Hall–Kier alpha value is -3.12. The van der Waals surface area contributed by atoms with E-state index in [1.807, 2.05) is 24.3 Å². The van der Waals surface area contributed by atoms with Crippen LogP contribution in [-0.4, -0.2) is 27.2 Å². The van der Waals surface area contributed by atoms with E-state index in [1.165, 1.54) is 10.9 Å². The van der Waals surface area contributed by atoms with Gasteiger partial charge >= 0.3 is 0 Å². The summed E-state index contributed by atoms with van der Waals surface area (Å²) >= 11 is 5.89. The summed E-state index contributed by atoms with van der Waals surface area (Å²) in [6.07, 6.45) is 3.68. The molecule has 0 saturated carbocycles. The van der Waals surface area contributed by atoms with Crippen LogP contribution in [0.2, 0.25) is 5.02 Å². The van der Waals surface area contributed by atoms with Gasteiger partial charge in [-0.05, 0) is 48.2 Å². The molecule has 0 radical (unpaired) electrons. The number of amides is 1. The maximum atomic E-state index is 12.1. The molecule has 0 bridgehead atoms. The summed E-state index contributed by atoms with van der Waals surface area (Å²) in [7, 11) is 0. The second-order valence-electron chi connectivity index (χ2n) is 6.79. The lowest BCUT2D eigenvalue weighted by Gasteiger charge is -2.07. The highest BCUT2D eigenvalue weighted by Crippen LogP contribution is 2.19. The lowest BCUT2D eigenvalue weighted by Crippen LogP contribution is -2.25. The number of halogens is 1. The van der Waals surface area contributed by atoms with Crippen molar-refractivity contribution in [2.24, 2.45) is 0 Å². The third-order valence-electron chi connectivity index (χ3n) is 4.71. The molecule has 2 aromatic carbocycles. The van der Waals surface area contributed by atoms with Crippen LogP contribution in [0.4, 0.5) is 0 Å². The normalized spacial score (nSPS) is 11.1. The van der Waals surface area contributed by atoms with Crippen molar-refractivity contribution in [3.63, 3.8) is 0 Å². The van der Waals surface area contributed by atoms with Crippen molar-refractivity contribution >= 4 is 28.4 Å². The number of carbonyl (C=O) groups is 1. The lowest BCUT2D eigenvalue weighted by atomic mass is 10.2. The topological polar surface area (TPSA) is 72.9 Å². The van der Waals surface area contributed by atoms with Crippen LogP contribution < -0.4 is 5.32 Å². The van der Waals surface area contributed by atoms with Gasteiger partial charge in [-0.15, -0.1) is 0 Å². The molecule has 0 aliphatic carbocycles. The van der Waals surface area contributed by atoms with E-state index in [0.717, 1.165) is 18.5 Å². The molecule has 6 nitrogen and oxygen atoms in total. The number of hydrogen-bond acceptors (Lipinski definition) is 4. The number of fused-ring (bicyclic) bond motifs is 1. The van der Waals surface area contributed by atoms with Gasteiger partial charge in [0.15, 0.2) is 0 Å². The summed E-state index contributed by atoms with van der Waals surface area (Å²) in [5, 5.41) is 8.79. The molecular weight excluding hydrogens is 388 g/mol. The van der Waals surface area contributed by atoms with Crippen molar-refractivity contribution < 1.29 is 9.32 Å². The van der Waals surface area contributed by atoms with Crippen LogP contribution in [0.15, 0.2) is 65.3 Å². The predicted octanol–water partition coefficient (Wildman–Crippen LogP) is 4.48. The molecule has 0 aliphatic rings. The first-order valence-corrected chi connectivity index (χ1v) is 9.96. The second-order valence-corrected chi connectivity index (χ2v) is 7.23. The molecule has 1 N–H and O–H groups in total. The fourth-order valence-electron chi connectivity index (χ4n) is 3.19. The minimum atomic E-state index is -0.0198. The van der Waals surface area contributed by atoms with Gasteiger partial charge in [-0.25, -0.2) is 0 Å². The maximum Gasteiger partial charge on any atom is 0.227 e. The monoisotopic (exact) mass is 408 g/mol. The highest BCUT2D eigenvalue weighted by atomic mass is 35.5. The fraction of sp³-hybridized carbons (Fsp3) is 0.227. The van der Waals surface area contributed by atoms with E-state index in [2.05, 4.69) is 44.4 Å². The summed E-state index contributed by atoms with van der Waals surface area (Å²) in [5.74, 6) is 0.925. The van der Waals surface area contributed by atoms with Crippen LogP contribution in [0.1, 0.15) is 18.7 Å². The summed E-state index contributed by atoms with van der Waals surface area (Å²) < 4.78 is 7.44. The van der Waals surface area contributed by atoms with Gasteiger partial charge in [-0.1, -0.05) is 35.0 Å². The number of para-hydroxylation sites is 1. The molecule has 0 unspecified atom stereocenters. The molecular formula is C22H21ClN4O2. The van der Waals surface area contributed by atoms with Crippen LogP contribution in [0, 0.1) is 0 Å². The van der Waals surface area contributed by atoms with E-state index in [0.29, 0.717) is 36.1 Å². The maximum absolute atomic E-state index is 12.1. The van der Waals surface area contributed by atoms with Crippen LogP contribution in [-0.2, 0) is 17.8 Å². The van der Waals surface area contributed by atoms with Crippen LogP contribution >= 0.6 is 11.6 Å². The molecule has 29 heavy (non-hydrogen) atoms. The van der Waals surface area contributed by atoms with E-state index in [1.54, 1.807) is 12.1 Å². The standard InChI is InChI=1S/C22H21ClN4O2/c23-18-8-6-17(7-9-18)22-25-21(29-26-22)11-10-20(28)24-13-3-14-27-15-12-16-4-1-2-5-19(16)27/h1-2,4-9,12,15H,3,10-11,13-14H2,(H,24,28). The second kappa shape index (κ2) is 8.92. The van der Waals surface area contributed by atoms with Crippen molar-refractivity contribution in [2.45, 2.75) is 25.8 Å². The minimum Gasteiger partial charge on any atom is -0.356 e. The van der Waals surface area contributed by atoms with Gasteiger partial charge in [-0.3, -0.25) is 4.79 Å². The first-order chi connectivity index (χ1) is 14.2. The summed E-state index contributed by atoms with van der Waals surface area (Å²) in [5.41, 5.74) is 2.04. The molecule has 2 heterocycles. The van der Waals surface area contributed by atoms with Crippen LogP contribution in [0.25, 0.3) is 22.3 Å². The molecule has 148 valence electrons. The number of benzene rings is 2. The zero-order valence-corrected chi connectivity index (χ0v) is 16.6. The average molecular weight is 409 g/mol. The van der Waals surface area contributed by atoms with Gasteiger partial charge < -0.3 is 14.4 Å². The third kappa shape index (κ3) is 4.84. The largest absolute Gasteiger partial charge is 0.356 e. The minimum absolute atomic E-state index is 0.0198. The predicted molar refractivity (Wildman–Crippen MR) is 113 cm³/mol. The van der Waals surface area contributed by atoms with Crippen molar-refractivity contribution in [3.05, 3.63) is 71.7 Å². The van der Waals surface area contributed by atoms with Gasteiger partial charge in [0, 0.05) is 48.2 Å². The van der Waals surface area contributed by atoms with Gasteiger partial charge in [0.2, 0.25) is 17.6 Å². The number of aromatic nitrogens is 3. The zero-order valence-electron chi connectivity index (χ0n) is 15.8. The van der Waals surface area contributed by atoms with Crippen LogP contribution in [0.5, 0.6) is 0 Å². The average Bonchev–Trinajstić information content (AvgIpc) is 3.38. The number of aryl methyl sites for hydroxylation is 2. The lowest BCUT2D eigenvalue weighted by molar-refractivity contribution is -0.121. The Morgan fingerprint density at radius 1 is 1.10 bits per heavy atom.